The summed E-state index contributed by atoms with van der Waals surface area (Å²) in [6.45, 7) is 6.78. The normalized spacial score (nSPS) is 10.6. The average Bonchev–Trinajstić information content (AvgIpc) is 2.53. The van der Waals surface area contributed by atoms with Gasteiger partial charge in [0.25, 0.3) is 5.91 Å². The summed E-state index contributed by atoms with van der Waals surface area (Å²) in [7, 11) is 1.69. The molecule has 1 heterocycles. The van der Waals surface area contributed by atoms with Crippen LogP contribution in [0.3, 0.4) is 0 Å². The van der Waals surface area contributed by atoms with Crippen molar-refractivity contribution >= 4 is 5.91 Å². The molecule has 4 nitrogen and oxygen atoms in total. The van der Waals surface area contributed by atoms with Gasteiger partial charge in [-0.1, -0.05) is 13.8 Å². The van der Waals surface area contributed by atoms with Gasteiger partial charge >= 0.3 is 0 Å². The molecule has 2 aromatic rings. The van der Waals surface area contributed by atoms with E-state index in [1.165, 1.54) is 0 Å². The van der Waals surface area contributed by atoms with E-state index in [0.717, 1.165) is 22.4 Å². The minimum Gasteiger partial charge on any atom is -0.496 e. The molecule has 22 heavy (non-hydrogen) atoms. The molecule has 1 aromatic carbocycles. The van der Waals surface area contributed by atoms with Crippen LogP contribution in [0.1, 0.15) is 46.8 Å². The molecule has 0 unspecified atom stereocenters. The van der Waals surface area contributed by atoms with Crippen molar-refractivity contribution < 1.29 is 9.53 Å². The van der Waals surface area contributed by atoms with Crippen molar-refractivity contribution in [2.75, 3.05) is 7.11 Å². The smallest absolute Gasteiger partial charge is 0.253 e. The predicted octanol–water partition coefficient (Wildman–Crippen LogP) is 3.45. The molecule has 1 amide bonds. The van der Waals surface area contributed by atoms with E-state index < -0.39 is 0 Å². The molecule has 116 valence electrons. The lowest BCUT2D eigenvalue weighted by molar-refractivity contribution is 0.0950. The Labute approximate surface area is 131 Å². The van der Waals surface area contributed by atoms with Gasteiger partial charge < -0.3 is 10.1 Å². The van der Waals surface area contributed by atoms with Gasteiger partial charge in [0.2, 0.25) is 0 Å². The first-order valence-electron chi connectivity index (χ1n) is 7.38. The summed E-state index contributed by atoms with van der Waals surface area (Å²) in [5, 5.41) is 2.94. The molecule has 0 radical (unpaired) electrons. The predicted molar refractivity (Wildman–Crippen MR) is 87.2 cm³/mol. The fourth-order valence-corrected chi connectivity index (χ4v) is 2.34. The highest BCUT2D eigenvalue weighted by Gasteiger charge is 2.12. The number of ether oxygens (including phenoxy) is 1. The summed E-state index contributed by atoms with van der Waals surface area (Å²) in [5.41, 5.74) is 3.92. The Morgan fingerprint density at radius 2 is 2.14 bits per heavy atom. The second-order valence-electron chi connectivity index (χ2n) is 5.60. The fraction of sp³-hybridized carbons (Fsp3) is 0.333. The lowest BCUT2D eigenvalue weighted by Crippen LogP contribution is -2.23. The van der Waals surface area contributed by atoms with Crippen LogP contribution in [-0.2, 0) is 6.54 Å². The molecular weight excluding hydrogens is 276 g/mol. The summed E-state index contributed by atoms with van der Waals surface area (Å²) in [4.78, 5) is 16.1. The SMILES string of the molecule is COc1cc(C)c(CNC(=O)c2cccnc2)cc1C(C)C. The highest BCUT2D eigenvalue weighted by molar-refractivity contribution is 5.93. The Morgan fingerprint density at radius 3 is 2.73 bits per heavy atom. The summed E-state index contributed by atoms with van der Waals surface area (Å²) in [6.07, 6.45) is 3.22. The fourth-order valence-electron chi connectivity index (χ4n) is 2.34. The van der Waals surface area contributed by atoms with Gasteiger partial charge in [-0.3, -0.25) is 9.78 Å². The largest absolute Gasteiger partial charge is 0.496 e. The molecule has 0 atom stereocenters. The molecule has 1 aromatic heterocycles. The number of nitrogens with one attached hydrogen (secondary N) is 1. The Morgan fingerprint density at radius 1 is 1.36 bits per heavy atom. The molecule has 0 aliphatic carbocycles. The summed E-state index contributed by atoms with van der Waals surface area (Å²) < 4.78 is 5.44. The summed E-state index contributed by atoms with van der Waals surface area (Å²) in [6, 6.07) is 7.65. The van der Waals surface area contributed by atoms with Crippen molar-refractivity contribution in [2.24, 2.45) is 0 Å². The monoisotopic (exact) mass is 298 g/mol. The lowest BCUT2D eigenvalue weighted by atomic mass is 9.96. The van der Waals surface area contributed by atoms with Crippen molar-refractivity contribution in [3.8, 4) is 5.75 Å². The van der Waals surface area contributed by atoms with Crippen molar-refractivity contribution in [3.05, 3.63) is 58.9 Å². The highest BCUT2D eigenvalue weighted by Crippen LogP contribution is 2.29. The van der Waals surface area contributed by atoms with E-state index in [1.807, 2.05) is 13.0 Å². The van der Waals surface area contributed by atoms with E-state index in [0.29, 0.717) is 18.0 Å². The molecule has 4 heteroatoms. The van der Waals surface area contributed by atoms with Gasteiger partial charge in [0.1, 0.15) is 5.75 Å². The average molecular weight is 298 g/mol. The third-order valence-electron chi connectivity index (χ3n) is 3.67. The molecule has 0 saturated heterocycles. The van der Waals surface area contributed by atoms with Gasteiger partial charge in [0.05, 0.1) is 12.7 Å². The first-order chi connectivity index (χ1) is 10.5. The van der Waals surface area contributed by atoms with Crippen molar-refractivity contribution in [1.82, 2.24) is 10.3 Å². The van der Waals surface area contributed by atoms with Gasteiger partial charge in [-0.15, -0.1) is 0 Å². The molecular formula is C18H22N2O2. The minimum absolute atomic E-state index is 0.116. The number of aromatic nitrogens is 1. The lowest BCUT2D eigenvalue weighted by Gasteiger charge is -2.16. The number of hydrogen-bond donors (Lipinski definition) is 1. The number of nitrogens with zero attached hydrogens (tertiary/aromatic N) is 1. The van der Waals surface area contributed by atoms with E-state index in [9.17, 15) is 4.79 Å². The van der Waals surface area contributed by atoms with Gasteiger partial charge in [-0.05, 0) is 53.8 Å². The maximum Gasteiger partial charge on any atom is 0.253 e. The number of carbonyl (C=O) groups is 1. The van der Waals surface area contributed by atoms with Gasteiger partial charge in [0.15, 0.2) is 0 Å². The molecule has 1 N–H and O–H groups in total. The Kier molecular flexibility index (Phi) is 5.15. The topological polar surface area (TPSA) is 51.2 Å². The third kappa shape index (κ3) is 3.64. The first-order valence-corrected chi connectivity index (χ1v) is 7.38. The molecule has 0 saturated carbocycles. The summed E-state index contributed by atoms with van der Waals surface area (Å²) >= 11 is 0. The molecule has 0 spiro atoms. The Balaban J connectivity index is 2.16. The molecule has 0 aliphatic heterocycles. The van der Waals surface area contributed by atoms with Crippen LogP contribution >= 0.6 is 0 Å². The van der Waals surface area contributed by atoms with Crippen LogP contribution in [0.25, 0.3) is 0 Å². The zero-order chi connectivity index (χ0) is 16.1. The molecule has 0 fully saturated rings. The van der Waals surface area contributed by atoms with Crippen LogP contribution in [0, 0.1) is 6.92 Å². The van der Waals surface area contributed by atoms with Crippen molar-refractivity contribution in [3.63, 3.8) is 0 Å². The van der Waals surface area contributed by atoms with Crippen molar-refractivity contribution in [1.29, 1.82) is 0 Å². The zero-order valence-corrected chi connectivity index (χ0v) is 13.5. The number of benzene rings is 1. The maximum absolute atomic E-state index is 12.1. The number of pyridine rings is 1. The third-order valence-corrected chi connectivity index (χ3v) is 3.67. The Hall–Kier alpha value is -2.36. The number of methoxy groups -OCH3 is 1. The number of rotatable bonds is 5. The van der Waals surface area contributed by atoms with Crippen LogP contribution < -0.4 is 10.1 Å². The van der Waals surface area contributed by atoms with E-state index in [4.69, 9.17) is 4.74 Å². The highest BCUT2D eigenvalue weighted by atomic mass is 16.5. The Bertz CT molecular complexity index is 652. The van der Waals surface area contributed by atoms with Gasteiger partial charge in [-0.2, -0.15) is 0 Å². The van der Waals surface area contributed by atoms with Crippen molar-refractivity contribution in [2.45, 2.75) is 33.2 Å². The summed E-state index contributed by atoms with van der Waals surface area (Å²) in [5.74, 6) is 1.15. The number of hydrogen-bond acceptors (Lipinski definition) is 3. The minimum atomic E-state index is -0.116. The second-order valence-corrected chi connectivity index (χ2v) is 5.60. The maximum atomic E-state index is 12.1. The molecule has 0 aliphatic rings. The van der Waals surface area contributed by atoms with Crippen LogP contribution in [0.4, 0.5) is 0 Å². The van der Waals surface area contributed by atoms with Gasteiger partial charge in [0, 0.05) is 18.9 Å². The number of carbonyl (C=O) groups excluding carboxylic acids is 1. The van der Waals surface area contributed by atoms with E-state index >= 15 is 0 Å². The second kappa shape index (κ2) is 7.07. The number of aryl methyl sites for hydroxylation is 1. The molecule has 0 bridgehead atoms. The van der Waals surface area contributed by atoms with Crippen LogP contribution in [0.5, 0.6) is 5.75 Å². The van der Waals surface area contributed by atoms with Crippen LogP contribution in [0.15, 0.2) is 36.7 Å². The van der Waals surface area contributed by atoms with E-state index in [1.54, 1.807) is 31.6 Å². The zero-order valence-electron chi connectivity index (χ0n) is 13.5. The van der Waals surface area contributed by atoms with Gasteiger partial charge in [-0.25, -0.2) is 0 Å². The quantitative estimate of drug-likeness (QED) is 0.919. The first kappa shape index (κ1) is 16.0. The standard InChI is InChI=1S/C18H22N2O2/c1-12(2)16-9-15(13(3)8-17(16)22-4)11-20-18(21)14-6-5-7-19-10-14/h5-10,12H,11H2,1-4H3,(H,20,21). The van der Waals surface area contributed by atoms with E-state index in [2.05, 4.69) is 30.2 Å². The van der Waals surface area contributed by atoms with E-state index in [-0.39, 0.29) is 5.91 Å². The molecule has 2 rings (SSSR count). The number of amides is 1. The van der Waals surface area contributed by atoms with Crippen LogP contribution in [0.2, 0.25) is 0 Å². The van der Waals surface area contributed by atoms with Crippen LogP contribution in [-0.4, -0.2) is 18.0 Å².